The first-order valence-electron chi connectivity index (χ1n) is 6.80. The summed E-state index contributed by atoms with van der Waals surface area (Å²) >= 11 is 0. The van der Waals surface area contributed by atoms with Gasteiger partial charge in [-0.15, -0.1) is 0 Å². The van der Waals surface area contributed by atoms with E-state index in [4.69, 9.17) is 0 Å². The largest absolute Gasteiger partial charge is 0.380 e. The summed E-state index contributed by atoms with van der Waals surface area (Å²) in [6, 6.07) is 10.3. The Morgan fingerprint density at radius 1 is 1.05 bits per heavy atom. The molecule has 1 aliphatic rings. The summed E-state index contributed by atoms with van der Waals surface area (Å²) in [5, 5.41) is 3.42. The first-order chi connectivity index (χ1) is 9.81. The number of aromatic nitrogens is 2. The molecule has 0 aliphatic carbocycles. The molecular weight excluding hydrogens is 270 g/mol. The second kappa shape index (κ2) is 6.13. The van der Waals surface area contributed by atoms with E-state index >= 15 is 0 Å². The van der Waals surface area contributed by atoms with Crippen molar-refractivity contribution in [2.24, 2.45) is 0 Å². The molecule has 1 N–H and O–H groups in total. The maximum atomic E-state index is 11.3. The van der Waals surface area contributed by atoms with Gasteiger partial charge in [0.1, 0.15) is 0 Å². The van der Waals surface area contributed by atoms with Crippen LogP contribution in [0.4, 0.5) is 5.69 Å². The highest BCUT2D eigenvalue weighted by atomic mass is 32.2. The normalized spacial score (nSPS) is 22.4. The number of rotatable bonds is 3. The van der Waals surface area contributed by atoms with E-state index < -0.39 is 10.8 Å². The van der Waals surface area contributed by atoms with Gasteiger partial charge in [-0.2, -0.15) is 0 Å². The molecule has 2 heterocycles. The minimum Gasteiger partial charge on any atom is -0.380 e. The van der Waals surface area contributed by atoms with E-state index in [1.807, 2.05) is 42.7 Å². The molecule has 2 aromatic rings. The molecule has 0 amide bonds. The van der Waals surface area contributed by atoms with Crippen molar-refractivity contribution in [1.29, 1.82) is 0 Å². The minimum atomic E-state index is -0.619. The van der Waals surface area contributed by atoms with Crippen molar-refractivity contribution in [3.63, 3.8) is 0 Å². The molecule has 1 aromatic heterocycles. The molecule has 0 bridgehead atoms. The minimum absolute atomic E-state index is 0.388. The monoisotopic (exact) mass is 287 g/mol. The fourth-order valence-corrected chi connectivity index (χ4v) is 3.61. The number of hydrogen-bond donors (Lipinski definition) is 1. The van der Waals surface area contributed by atoms with Crippen molar-refractivity contribution in [2.45, 2.75) is 18.9 Å². The Morgan fingerprint density at radius 3 is 2.35 bits per heavy atom. The second-order valence-corrected chi connectivity index (χ2v) is 6.62. The van der Waals surface area contributed by atoms with E-state index in [0.29, 0.717) is 6.04 Å². The van der Waals surface area contributed by atoms with Crippen molar-refractivity contribution in [3.8, 4) is 11.4 Å². The van der Waals surface area contributed by atoms with E-state index in [1.165, 1.54) is 0 Å². The lowest BCUT2D eigenvalue weighted by molar-refractivity contribution is 0.623. The van der Waals surface area contributed by atoms with Crippen LogP contribution in [0.3, 0.4) is 0 Å². The van der Waals surface area contributed by atoms with Crippen molar-refractivity contribution in [1.82, 2.24) is 9.97 Å². The smallest absolute Gasteiger partial charge is 0.159 e. The molecule has 5 heteroatoms. The molecule has 1 saturated heterocycles. The highest BCUT2D eigenvalue weighted by Crippen LogP contribution is 2.18. The predicted octanol–water partition coefficient (Wildman–Crippen LogP) is 2.47. The van der Waals surface area contributed by atoms with Crippen molar-refractivity contribution < 1.29 is 4.21 Å². The Bertz CT molecular complexity index is 576. The molecule has 4 nitrogen and oxygen atoms in total. The number of hydrogen-bond acceptors (Lipinski definition) is 4. The van der Waals surface area contributed by atoms with Gasteiger partial charge in [0, 0.05) is 33.9 Å². The van der Waals surface area contributed by atoms with Crippen molar-refractivity contribution in [3.05, 3.63) is 42.7 Å². The zero-order valence-electron chi connectivity index (χ0n) is 11.2. The van der Waals surface area contributed by atoms with Gasteiger partial charge >= 0.3 is 0 Å². The number of nitrogens with zero attached hydrogens (tertiary/aromatic N) is 2. The third kappa shape index (κ3) is 3.22. The van der Waals surface area contributed by atoms with Crippen LogP contribution in [0, 0.1) is 0 Å². The summed E-state index contributed by atoms with van der Waals surface area (Å²) in [5.41, 5.74) is 1.95. The molecule has 0 radical (unpaired) electrons. The van der Waals surface area contributed by atoms with E-state index in [9.17, 15) is 4.21 Å². The molecule has 1 aliphatic heterocycles. The first-order valence-corrected chi connectivity index (χ1v) is 8.29. The molecule has 0 saturated carbocycles. The van der Waals surface area contributed by atoms with Crippen LogP contribution in [0.5, 0.6) is 0 Å². The van der Waals surface area contributed by atoms with Crippen molar-refractivity contribution >= 4 is 16.5 Å². The molecule has 0 atom stereocenters. The predicted molar refractivity (Wildman–Crippen MR) is 82.0 cm³/mol. The average Bonchev–Trinajstić information content (AvgIpc) is 2.51. The van der Waals surface area contributed by atoms with Crippen LogP contribution in [-0.4, -0.2) is 31.7 Å². The summed E-state index contributed by atoms with van der Waals surface area (Å²) in [6.07, 6.45) is 5.54. The summed E-state index contributed by atoms with van der Waals surface area (Å²) in [4.78, 5) is 8.79. The molecule has 1 aromatic carbocycles. The van der Waals surface area contributed by atoms with Crippen LogP contribution in [0.1, 0.15) is 12.8 Å². The van der Waals surface area contributed by atoms with Gasteiger partial charge in [0.25, 0.3) is 0 Å². The molecule has 0 spiro atoms. The molecule has 104 valence electrons. The van der Waals surface area contributed by atoms with Gasteiger partial charge in [0.2, 0.25) is 0 Å². The Hall–Kier alpha value is -1.75. The molecule has 20 heavy (non-hydrogen) atoms. The standard InChI is InChI=1S/C15H17N3OS/c19-20-8-6-13(7-9-20)18-14-10-16-15(17-11-14)12-4-2-1-3-5-12/h1-5,10-11,13,18H,6-9H2. The number of nitrogens with one attached hydrogen (secondary N) is 1. The van der Waals surface area contributed by atoms with Crippen LogP contribution in [0.2, 0.25) is 0 Å². The lowest BCUT2D eigenvalue weighted by Gasteiger charge is -2.23. The lowest BCUT2D eigenvalue weighted by Crippen LogP contribution is -2.29. The lowest BCUT2D eigenvalue weighted by atomic mass is 10.1. The van der Waals surface area contributed by atoms with Gasteiger partial charge < -0.3 is 5.32 Å². The fraction of sp³-hybridized carbons (Fsp3) is 0.333. The average molecular weight is 287 g/mol. The van der Waals surface area contributed by atoms with Gasteiger partial charge in [0.05, 0.1) is 18.1 Å². The quantitative estimate of drug-likeness (QED) is 0.942. The summed E-state index contributed by atoms with van der Waals surface area (Å²) < 4.78 is 11.3. The van der Waals surface area contributed by atoms with Gasteiger partial charge in [-0.1, -0.05) is 30.3 Å². The zero-order valence-corrected chi connectivity index (χ0v) is 12.0. The van der Waals surface area contributed by atoms with E-state index in [1.54, 1.807) is 0 Å². The molecular formula is C15H17N3OS. The van der Waals surface area contributed by atoms with Crippen LogP contribution in [0.25, 0.3) is 11.4 Å². The van der Waals surface area contributed by atoms with Crippen LogP contribution in [0.15, 0.2) is 42.7 Å². The summed E-state index contributed by atoms with van der Waals surface area (Å²) in [7, 11) is -0.619. The second-order valence-electron chi connectivity index (χ2n) is 4.93. The van der Waals surface area contributed by atoms with Gasteiger partial charge in [-0.05, 0) is 12.8 Å². The third-order valence-corrected chi connectivity index (χ3v) is 4.82. The van der Waals surface area contributed by atoms with E-state index in [2.05, 4.69) is 15.3 Å². The topological polar surface area (TPSA) is 54.9 Å². The van der Waals surface area contributed by atoms with Crippen molar-refractivity contribution in [2.75, 3.05) is 16.8 Å². The Labute approximate surface area is 121 Å². The van der Waals surface area contributed by atoms with Gasteiger partial charge in [-0.25, -0.2) is 9.97 Å². The third-order valence-electron chi connectivity index (χ3n) is 3.44. The molecule has 0 unspecified atom stereocenters. The highest BCUT2D eigenvalue weighted by molar-refractivity contribution is 7.85. The van der Waals surface area contributed by atoms with Gasteiger partial charge in [-0.3, -0.25) is 4.21 Å². The molecule has 3 rings (SSSR count). The van der Waals surface area contributed by atoms with Crippen LogP contribution >= 0.6 is 0 Å². The highest BCUT2D eigenvalue weighted by Gasteiger charge is 2.17. The van der Waals surface area contributed by atoms with Crippen LogP contribution in [-0.2, 0) is 10.8 Å². The summed E-state index contributed by atoms with van der Waals surface area (Å²) in [6.45, 7) is 0. The zero-order chi connectivity index (χ0) is 13.8. The maximum absolute atomic E-state index is 11.3. The number of benzene rings is 1. The Morgan fingerprint density at radius 2 is 1.70 bits per heavy atom. The Balaban J connectivity index is 1.66. The first kappa shape index (κ1) is 13.2. The SMILES string of the molecule is O=S1CCC(Nc2cnc(-c3ccccc3)nc2)CC1. The maximum Gasteiger partial charge on any atom is 0.159 e. The van der Waals surface area contributed by atoms with E-state index in [0.717, 1.165) is 41.4 Å². The van der Waals surface area contributed by atoms with Crippen LogP contribution < -0.4 is 5.32 Å². The summed E-state index contributed by atoms with van der Waals surface area (Å²) in [5.74, 6) is 2.32. The van der Waals surface area contributed by atoms with Gasteiger partial charge in [0.15, 0.2) is 5.82 Å². The number of anilines is 1. The Kier molecular flexibility index (Phi) is 4.06. The van der Waals surface area contributed by atoms with E-state index in [-0.39, 0.29) is 0 Å². The fourth-order valence-electron chi connectivity index (χ4n) is 2.31. The molecule has 1 fully saturated rings.